The third kappa shape index (κ3) is 2.79. The molecule has 0 aromatic heterocycles. The van der Waals surface area contributed by atoms with Crippen LogP contribution < -0.4 is 21.6 Å². The first-order valence-electron chi connectivity index (χ1n) is 6.66. The summed E-state index contributed by atoms with van der Waals surface area (Å²) < 4.78 is 41.2. The molecule has 0 bridgehead atoms. The summed E-state index contributed by atoms with van der Waals surface area (Å²) in [5.74, 6) is -1.34. The Morgan fingerprint density at radius 2 is 2.04 bits per heavy atom. The molecule has 120 valence electrons. The summed E-state index contributed by atoms with van der Waals surface area (Å²) in [5.41, 5.74) is 5.66. The van der Waals surface area contributed by atoms with E-state index in [1.165, 1.54) is 23.2 Å². The summed E-state index contributed by atoms with van der Waals surface area (Å²) in [6.07, 6.45) is 1.33. The van der Waals surface area contributed by atoms with Gasteiger partial charge in [-0.2, -0.15) is 0 Å². The average molecular weight is 341 g/mol. The molecule has 2 aromatic rings. The Morgan fingerprint density at radius 1 is 1.26 bits per heavy atom. The highest BCUT2D eigenvalue weighted by Gasteiger charge is 2.15. The number of nitrogens with zero attached hydrogens (tertiary/aromatic N) is 2. The van der Waals surface area contributed by atoms with Crippen LogP contribution >= 0.6 is 11.6 Å². The lowest BCUT2D eigenvalue weighted by Crippen LogP contribution is -2.38. The van der Waals surface area contributed by atoms with Gasteiger partial charge in [0.25, 0.3) is 0 Å². The summed E-state index contributed by atoms with van der Waals surface area (Å²) in [4.78, 5) is 5.28. The number of nitrogens with one attached hydrogen (secondary N) is 1. The number of halogens is 4. The van der Waals surface area contributed by atoms with Gasteiger partial charge in [0.15, 0.2) is 12.6 Å². The van der Waals surface area contributed by atoms with Crippen LogP contribution in [-0.4, -0.2) is 18.4 Å². The van der Waals surface area contributed by atoms with Crippen molar-refractivity contribution in [2.45, 2.75) is 0 Å². The molecule has 0 saturated carbocycles. The highest BCUT2D eigenvalue weighted by atomic mass is 35.5. The number of hydrogen-bond acceptors (Lipinski definition) is 4. The lowest BCUT2D eigenvalue weighted by molar-refractivity contribution is 0.275. The summed E-state index contributed by atoms with van der Waals surface area (Å²) in [5, 5.41) is 3.08. The molecule has 4 nitrogen and oxygen atoms in total. The minimum atomic E-state index is -0.782. The molecule has 0 unspecified atom stereocenters. The molecule has 1 aliphatic heterocycles. The van der Waals surface area contributed by atoms with Crippen LogP contribution in [-0.2, 0) is 0 Å². The standard InChI is InChI=1S/C15H12ClF3N4/c16-13-10(20)2-1-9(18)15(13)22-12-4-3-11-8(14(12)19)5-23(6-17)7-21-11/h1-5,22H,6-7,20H2. The maximum absolute atomic E-state index is 14.6. The van der Waals surface area contributed by atoms with E-state index in [-0.39, 0.29) is 34.0 Å². The molecule has 0 amide bonds. The number of hydrogen-bond donors (Lipinski definition) is 2. The molecule has 8 heteroatoms. The third-order valence-electron chi connectivity index (χ3n) is 3.43. The van der Waals surface area contributed by atoms with Crippen LogP contribution in [0.25, 0.3) is 6.20 Å². The SMILES string of the molecule is Nc1ccc(F)c(Nc2ccc3c(c2F)=CN(CF)CN=3)c1Cl. The van der Waals surface area contributed by atoms with Crippen molar-refractivity contribution in [3.8, 4) is 0 Å². The van der Waals surface area contributed by atoms with E-state index in [1.807, 2.05) is 0 Å². The van der Waals surface area contributed by atoms with E-state index >= 15 is 0 Å². The van der Waals surface area contributed by atoms with Crippen molar-refractivity contribution in [2.75, 3.05) is 24.5 Å². The first kappa shape index (κ1) is 15.5. The van der Waals surface area contributed by atoms with E-state index in [0.717, 1.165) is 6.07 Å². The average Bonchev–Trinajstić information content (AvgIpc) is 2.57. The van der Waals surface area contributed by atoms with Gasteiger partial charge in [-0.05, 0) is 24.3 Å². The Hall–Kier alpha value is -2.41. The lowest BCUT2D eigenvalue weighted by atomic mass is 10.2. The molecule has 3 rings (SSSR count). The van der Waals surface area contributed by atoms with E-state index < -0.39 is 18.4 Å². The Labute approximate surface area is 134 Å². The summed E-state index contributed by atoms with van der Waals surface area (Å²) in [6, 6.07) is 5.42. The van der Waals surface area contributed by atoms with Crippen molar-refractivity contribution in [3.05, 3.63) is 51.5 Å². The van der Waals surface area contributed by atoms with E-state index in [0.29, 0.717) is 5.36 Å². The molecule has 3 N–H and O–H groups in total. The van der Waals surface area contributed by atoms with E-state index in [4.69, 9.17) is 17.3 Å². The second-order valence-electron chi connectivity index (χ2n) is 4.95. The minimum absolute atomic E-state index is 0.0118. The van der Waals surface area contributed by atoms with Gasteiger partial charge in [0.2, 0.25) is 0 Å². The second kappa shape index (κ2) is 6.00. The number of fused-ring (bicyclic) bond motifs is 1. The normalized spacial score (nSPS) is 13.1. The number of nitrogens with two attached hydrogens (primary N) is 1. The monoisotopic (exact) mass is 340 g/mol. The Balaban J connectivity index is 2.09. The smallest absolute Gasteiger partial charge is 0.162 e. The summed E-state index contributed by atoms with van der Waals surface area (Å²) in [6.45, 7) is -0.666. The summed E-state index contributed by atoms with van der Waals surface area (Å²) in [7, 11) is 0. The van der Waals surface area contributed by atoms with Gasteiger partial charge in [-0.25, -0.2) is 13.2 Å². The first-order valence-corrected chi connectivity index (χ1v) is 7.04. The molecular weight excluding hydrogens is 329 g/mol. The van der Waals surface area contributed by atoms with Gasteiger partial charge in [0, 0.05) is 6.20 Å². The second-order valence-corrected chi connectivity index (χ2v) is 5.33. The maximum atomic E-state index is 14.6. The van der Waals surface area contributed by atoms with Crippen LogP contribution in [0, 0.1) is 11.6 Å². The van der Waals surface area contributed by atoms with E-state index in [2.05, 4.69) is 10.3 Å². The van der Waals surface area contributed by atoms with Gasteiger partial charge in [-0.15, -0.1) is 0 Å². The largest absolute Gasteiger partial charge is 0.397 e. The van der Waals surface area contributed by atoms with Crippen LogP contribution in [0.1, 0.15) is 0 Å². The molecule has 0 spiro atoms. The van der Waals surface area contributed by atoms with Crippen LogP contribution in [0.4, 0.5) is 30.2 Å². The van der Waals surface area contributed by atoms with Crippen molar-refractivity contribution in [1.82, 2.24) is 4.90 Å². The fourth-order valence-electron chi connectivity index (χ4n) is 2.22. The van der Waals surface area contributed by atoms with Crippen LogP contribution in [0.2, 0.25) is 5.02 Å². The van der Waals surface area contributed by atoms with Gasteiger partial charge in [-0.3, -0.25) is 4.99 Å². The molecule has 0 aliphatic carbocycles. The van der Waals surface area contributed by atoms with Crippen molar-refractivity contribution >= 4 is 34.9 Å². The maximum Gasteiger partial charge on any atom is 0.162 e. The van der Waals surface area contributed by atoms with Gasteiger partial charge in [0.1, 0.15) is 12.5 Å². The first-order chi connectivity index (χ1) is 11.0. The van der Waals surface area contributed by atoms with Gasteiger partial charge in [-0.1, -0.05) is 11.6 Å². The number of rotatable bonds is 3. The quantitative estimate of drug-likeness (QED) is 0.667. The predicted molar refractivity (Wildman–Crippen MR) is 83.4 cm³/mol. The topological polar surface area (TPSA) is 53.6 Å². The molecule has 0 saturated heterocycles. The molecule has 0 radical (unpaired) electrons. The van der Waals surface area contributed by atoms with Crippen LogP contribution in [0.5, 0.6) is 0 Å². The summed E-state index contributed by atoms with van der Waals surface area (Å²) >= 11 is 5.96. The number of benzene rings is 2. The number of nitrogen functional groups attached to an aromatic ring is 1. The Bertz CT molecular complexity index is 885. The van der Waals surface area contributed by atoms with Gasteiger partial charge in [0.05, 0.1) is 32.7 Å². The number of alkyl halides is 1. The van der Waals surface area contributed by atoms with Crippen molar-refractivity contribution in [1.29, 1.82) is 0 Å². The van der Waals surface area contributed by atoms with Crippen molar-refractivity contribution in [2.24, 2.45) is 4.99 Å². The molecular formula is C15H12ClF3N4. The minimum Gasteiger partial charge on any atom is -0.397 e. The molecule has 23 heavy (non-hydrogen) atoms. The van der Waals surface area contributed by atoms with Gasteiger partial charge < -0.3 is 16.0 Å². The lowest BCUT2D eigenvalue weighted by Gasteiger charge is -2.17. The third-order valence-corrected chi connectivity index (χ3v) is 3.83. The van der Waals surface area contributed by atoms with Crippen LogP contribution in [0.15, 0.2) is 29.3 Å². The zero-order valence-corrected chi connectivity index (χ0v) is 12.5. The van der Waals surface area contributed by atoms with Crippen molar-refractivity contribution < 1.29 is 13.2 Å². The highest BCUT2D eigenvalue weighted by Crippen LogP contribution is 2.33. The highest BCUT2D eigenvalue weighted by molar-refractivity contribution is 6.35. The fraction of sp³-hybridized carbons (Fsp3) is 0.133. The molecule has 1 heterocycles. The van der Waals surface area contributed by atoms with Crippen LogP contribution in [0.3, 0.4) is 0 Å². The molecule has 1 aliphatic rings. The van der Waals surface area contributed by atoms with Gasteiger partial charge >= 0.3 is 0 Å². The van der Waals surface area contributed by atoms with E-state index in [1.54, 1.807) is 6.07 Å². The zero-order valence-electron chi connectivity index (χ0n) is 11.8. The molecule has 0 fully saturated rings. The molecule has 0 atom stereocenters. The zero-order chi connectivity index (χ0) is 16.6. The fourth-order valence-corrected chi connectivity index (χ4v) is 2.42. The Kier molecular flexibility index (Phi) is 4.04. The van der Waals surface area contributed by atoms with Crippen molar-refractivity contribution in [3.63, 3.8) is 0 Å². The van der Waals surface area contributed by atoms with E-state index in [9.17, 15) is 13.2 Å². The Morgan fingerprint density at radius 3 is 2.78 bits per heavy atom. The molecule has 2 aromatic carbocycles. The predicted octanol–water partition coefficient (Wildman–Crippen LogP) is 2.50. The number of anilines is 3.